The van der Waals surface area contributed by atoms with Crippen molar-refractivity contribution in [2.24, 2.45) is 5.92 Å². The second-order valence-corrected chi connectivity index (χ2v) is 12.5. The summed E-state index contributed by atoms with van der Waals surface area (Å²) in [5, 5.41) is 11.6. The average molecular weight is 596 g/mol. The molecule has 0 unspecified atom stereocenters. The number of anilines is 1. The van der Waals surface area contributed by atoms with E-state index in [1.54, 1.807) is 17.0 Å². The van der Waals surface area contributed by atoms with Crippen LogP contribution in [0.5, 0.6) is 23.0 Å². The van der Waals surface area contributed by atoms with E-state index < -0.39 is 17.1 Å². The molecule has 0 spiro atoms. The Morgan fingerprint density at radius 3 is 2.57 bits per heavy atom. The van der Waals surface area contributed by atoms with Gasteiger partial charge in [0.15, 0.2) is 11.5 Å². The molecule has 228 valence electrons. The first kappa shape index (κ1) is 29.4. The monoisotopic (exact) mass is 595 g/mol. The van der Waals surface area contributed by atoms with Crippen molar-refractivity contribution in [1.29, 1.82) is 0 Å². The molecule has 2 heterocycles. The van der Waals surface area contributed by atoms with Crippen LogP contribution in [0.3, 0.4) is 0 Å². The molecule has 4 aromatic rings. The number of phenolic OH excluding ortho intramolecular Hbond substituents is 1. The number of ether oxygens (including phenoxy) is 3. The third kappa shape index (κ3) is 5.52. The van der Waals surface area contributed by atoms with Gasteiger partial charge in [0, 0.05) is 29.9 Å². The lowest BCUT2D eigenvalue weighted by atomic mass is 9.97. The van der Waals surface area contributed by atoms with E-state index in [4.69, 9.17) is 18.6 Å². The van der Waals surface area contributed by atoms with Crippen LogP contribution in [-0.2, 0) is 6.42 Å². The van der Waals surface area contributed by atoms with Crippen molar-refractivity contribution >= 4 is 39.8 Å². The van der Waals surface area contributed by atoms with E-state index in [1.165, 1.54) is 13.2 Å². The Labute approximate surface area is 256 Å². The van der Waals surface area contributed by atoms with Gasteiger partial charge in [-0.05, 0) is 89.6 Å². The van der Waals surface area contributed by atoms with Crippen molar-refractivity contribution in [3.05, 3.63) is 81.0 Å². The first-order valence-corrected chi connectivity index (χ1v) is 14.9. The summed E-state index contributed by atoms with van der Waals surface area (Å²) in [6.45, 7) is 10.2. The number of carbonyl (C=O) groups is 1. The van der Waals surface area contributed by atoms with Gasteiger partial charge in [-0.1, -0.05) is 23.8 Å². The number of hydrogen-bond donors (Lipinski definition) is 1. The highest BCUT2D eigenvalue weighted by Gasteiger charge is 2.31. The van der Waals surface area contributed by atoms with Crippen molar-refractivity contribution in [2.45, 2.75) is 59.5 Å². The molecule has 0 bridgehead atoms. The molecule has 1 saturated carbocycles. The van der Waals surface area contributed by atoms with Gasteiger partial charge in [0.1, 0.15) is 33.7 Å². The van der Waals surface area contributed by atoms with Gasteiger partial charge in [-0.25, -0.2) is 4.79 Å². The summed E-state index contributed by atoms with van der Waals surface area (Å²) < 4.78 is 24.3. The smallest absolute Gasteiger partial charge is 0.419 e. The molecule has 1 aromatic heterocycles. The lowest BCUT2D eigenvalue weighted by Gasteiger charge is -2.28. The SMILES string of the molecule is COc1c(OC(=O)N(CC2CC2)c2cccc(C)c2)cc2oc3cc4c(c(O)c3c(=O)c2c1CC=C(C)C)C=CC(C)(C)O4. The summed E-state index contributed by atoms with van der Waals surface area (Å²) in [6.07, 6.45) is 7.44. The van der Waals surface area contributed by atoms with E-state index in [1.807, 2.05) is 71.0 Å². The van der Waals surface area contributed by atoms with Crippen molar-refractivity contribution < 1.29 is 28.5 Å². The second kappa shape index (κ2) is 11.1. The van der Waals surface area contributed by atoms with Gasteiger partial charge in [0.05, 0.1) is 18.1 Å². The van der Waals surface area contributed by atoms with Crippen LogP contribution < -0.4 is 24.5 Å². The number of nitrogens with zero attached hydrogens (tertiary/aromatic N) is 1. The molecular weight excluding hydrogens is 558 g/mol. The van der Waals surface area contributed by atoms with Crippen LogP contribution in [0.25, 0.3) is 28.0 Å². The molecule has 6 rings (SSSR count). The van der Waals surface area contributed by atoms with Crippen LogP contribution in [0.2, 0.25) is 0 Å². The largest absolute Gasteiger partial charge is 0.506 e. The lowest BCUT2D eigenvalue weighted by molar-refractivity contribution is 0.158. The number of benzene rings is 3. The Morgan fingerprint density at radius 2 is 1.89 bits per heavy atom. The van der Waals surface area contributed by atoms with E-state index in [0.29, 0.717) is 35.8 Å². The Bertz CT molecular complexity index is 1920. The number of phenols is 1. The number of rotatable bonds is 7. The van der Waals surface area contributed by atoms with Gasteiger partial charge in [0.2, 0.25) is 5.43 Å². The highest BCUT2D eigenvalue weighted by molar-refractivity contribution is 6.00. The Kier molecular flexibility index (Phi) is 7.40. The molecular formula is C36H37NO7. The number of aromatic hydroxyl groups is 1. The van der Waals surface area contributed by atoms with Crippen molar-refractivity contribution in [3.8, 4) is 23.0 Å². The summed E-state index contributed by atoms with van der Waals surface area (Å²) >= 11 is 0. The van der Waals surface area contributed by atoms with Crippen LogP contribution in [0, 0.1) is 12.8 Å². The number of hydrogen-bond acceptors (Lipinski definition) is 7. The van der Waals surface area contributed by atoms with Gasteiger partial charge < -0.3 is 23.7 Å². The lowest BCUT2D eigenvalue weighted by Crippen LogP contribution is -2.35. The topological polar surface area (TPSA) is 98.4 Å². The molecule has 1 N–H and O–H groups in total. The average Bonchev–Trinajstić information content (AvgIpc) is 3.78. The van der Waals surface area contributed by atoms with Gasteiger partial charge >= 0.3 is 6.09 Å². The number of methoxy groups -OCH3 is 1. The van der Waals surface area contributed by atoms with Crippen LogP contribution in [-0.4, -0.2) is 30.5 Å². The van der Waals surface area contributed by atoms with Crippen LogP contribution >= 0.6 is 0 Å². The highest BCUT2D eigenvalue weighted by Crippen LogP contribution is 2.44. The summed E-state index contributed by atoms with van der Waals surface area (Å²) in [4.78, 5) is 29.6. The molecule has 8 nitrogen and oxygen atoms in total. The molecule has 0 radical (unpaired) electrons. The molecule has 0 saturated heterocycles. The summed E-state index contributed by atoms with van der Waals surface area (Å²) in [7, 11) is 1.48. The minimum atomic E-state index is -0.597. The van der Waals surface area contributed by atoms with Gasteiger partial charge in [-0.2, -0.15) is 0 Å². The molecule has 44 heavy (non-hydrogen) atoms. The number of fused-ring (bicyclic) bond motifs is 3. The molecule has 1 aliphatic carbocycles. The first-order chi connectivity index (χ1) is 21.0. The Morgan fingerprint density at radius 1 is 1.14 bits per heavy atom. The predicted octanol–water partition coefficient (Wildman–Crippen LogP) is 8.08. The first-order valence-electron chi connectivity index (χ1n) is 14.9. The summed E-state index contributed by atoms with van der Waals surface area (Å²) in [5.41, 5.74) is 3.09. The maximum atomic E-state index is 14.2. The van der Waals surface area contributed by atoms with Gasteiger partial charge in [-0.15, -0.1) is 0 Å². The standard InChI is InChI=1S/C36H37NO7/c1-20(2)10-13-25-30-27(42-28-17-26-24(14-15-36(4,5)44-26)32(38)31(28)33(30)39)18-29(34(25)41-6)43-35(40)37(19-22-11-12-22)23-9-7-8-21(3)16-23/h7-10,14-18,22,38H,11-13,19H2,1-6H3. The van der Waals surface area contributed by atoms with Crippen molar-refractivity contribution in [2.75, 3.05) is 18.6 Å². The van der Waals surface area contributed by atoms with Crippen molar-refractivity contribution in [3.63, 3.8) is 0 Å². The minimum absolute atomic E-state index is 0.0458. The van der Waals surface area contributed by atoms with E-state index in [2.05, 4.69) is 0 Å². The summed E-state index contributed by atoms with van der Waals surface area (Å²) in [5.74, 6) is 1.01. The Balaban J connectivity index is 1.54. The van der Waals surface area contributed by atoms with Gasteiger partial charge in [0.25, 0.3) is 0 Å². The van der Waals surface area contributed by atoms with E-state index >= 15 is 0 Å². The van der Waals surface area contributed by atoms with Crippen LogP contribution in [0.4, 0.5) is 10.5 Å². The number of allylic oxidation sites excluding steroid dienone is 2. The quantitative estimate of drug-likeness (QED) is 0.170. The van der Waals surface area contributed by atoms with E-state index in [-0.39, 0.29) is 39.2 Å². The van der Waals surface area contributed by atoms with Gasteiger partial charge in [-0.3, -0.25) is 9.69 Å². The van der Waals surface area contributed by atoms with Crippen molar-refractivity contribution in [1.82, 2.24) is 0 Å². The van der Waals surface area contributed by atoms with Crippen LogP contribution in [0.15, 0.2) is 63.3 Å². The normalized spacial score (nSPS) is 15.0. The zero-order chi connectivity index (χ0) is 31.3. The van der Waals surface area contributed by atoms with Crippen LogP contribution in [0.1, 0.15) is 57.2 Å². The fourth-order valence-corrected chi connectivity index (χ4v) is 5.61. The molecule has 2 aliphatic rings. The highest BCUT2D eigenvalue weighted by atomic mass is 16.6. The Hall–Kier alpha value is -4.72. The predicted molar refractivity (Wildman–Crippen MR) is 172 cm³/mol. The number of aryl methyl sites for hydroxylation is 1. The molecule has 3 aromatic carbocycles. The third-order valence-electron chi connectivity index (χ3n) is 8.06. The zero-order valence-electron chi connectivity index (χ0n) is 25.9. The second-order valence-electron chi connectivity index (χ2n) is 12.5. The molecule has 1 fully saturated rings. The number of carbonyl (C=O) groups excluding carboxylic acids is 1. The fourth-order valence-electron chi connectivity index (χ4n) is 5.61. The van der Waals surface area contributed by atoms with E-state index in [0.717, 1.165) is 29.7 Å². The maximum absolute atomic E-state index is 14.2. The summed E-state index contributed by atoms with van der Waals surface area (Å²) in [6, 6.07) is 10.9. The third-order valence-corrected chi connectivity index (χ3v) is 8.06. The molecule has 0 atom stereocenters. The molecule has 8 heteroatoms. The zero-order valence-corrected chi connectivity index (χ0v) is 25.9. The fraction of sp³-hybridized carbons (Fsp3) is 0.333. The number of amides is 1. The van der Waals surface area contributed by atoms with E-state index in [9.17, 15) is 14.7 Å². The maximum Gasteiger partial charge on any atom is 0.419 e. The molecule has 1 amide bonds. The minimum Gasteiger partial charge on any atom is -0.506 e. The molecule has 1 aliphatic heterocycles.